The molecule has 3 aromatic rings. The summed E-state index contributed by atoms with van der Waals surface area (Å²) in [6, 6.07) is 8.07. The number of nitrogens with two attached hydrogens (primary N) is 1. The topological polar surface area (TPSA) is 64.7 Å². The molecule has 4 heteroatoms. The van der Waals surface area contributed by atoms with Crippen LogP contribution >= 0.6 is 0 Å². The lowest BCUT2D eigenvalue weighted by Gasteiger charge is -2.05. The minimum atomic E-state index is 0.284. The van der Waals surface area contributed by atoms with E-state index in [0.29, 0.717) is 0 Å². The van der Waals surface area contributed by atoms with E-state index in [-0.39, 0.29) is 5.95 Å². The van der Waals surface area contributed by atoms with Crippen LogP contribution in [-0.2, 0) is 0 Å². The van der Waals surface area contributed by atoms with Gasteiger partial charge in [-0.25, -0.2) is 9.97 Å². The number of benzene rings is 1. The Morgan fingerprint density at radius 1 is 0.941 bits per heavy atom. The van der Waals surface area contributed by atoms with Crippen LogP contribution in [0.2, 0.25) is 0 Å². The summed E-state index contributed by atoms with van der Waals surface area (Å²) in [4.78, 5) is 12.2. The summed E-state index contributed by atoms with van der Waals surface area (Å²) in [5, 5.41) is 2.23. The molecule has 1 aromatic carbocycles. The van der Waals surface area contributed by atoms with Crippen LogP contribution in [0.15, 0.2) is 49.1 Å². The first-order chi connectivity index (χ1) is 8.34. The summed E-state index contributed by atoms with van der Waals surface area (Å²) in [5.41, 5.74) is 7.49. The fourth-order valence-electron chi connectivity index (χ4n) is 1.84. The molecule has 0 unspecified atom stereocenters. The van der Waals surface area contributed by atoms with Crippen molar-refractivity contribution in [1.82, 2.24) is 15.0 Å². The molecule has 0 bridgehead atoms. The fraction of sp³-hybridized carbons (Fsp3) is 0. The Bertz CT molecular complexity index is 656. The van der Waals surface area contributed by atoms with E-state index in [2.05, 4.69) is 21.0 Å². The summed E-state index contributed by atoms with van der Waals surface area (Å²) in [6.07, 6.45) is 7.08. The third-order valence-electron chi connectivity index (χ3n) is 2.67. The van der Waals surface area contributed by atoms with Gasteiger partial charge in [-0.3, -0.25) is 4.98 Å². The number of fused-ring (bicyclic) bond motifs is 1. The van der Waals surface area contributed by atoms with Crippen molar-refractivity contribution in [2.75, 3.05) is 5.73 Å². The first-order valence-corrected chi connectivity index (χ1v) is 5.25. The monoisotopic (exact) mass is 222 g/mol. The Hall–Kier alpha value is -2.49. The van der Waals surface area contributed by atoms with Gasteiger partial charge in [0.15, 0.2) is 0 Å². The van der Waals surface area contributed by atoms with E-state index in [1.54, 1.807) is 18.6 Å². The van der Waals surface area contributed by atoms with Gasteiger partial charge in [-0.1, -0.05) is 18.2 Å². The Morgan fingerprint density at radius 3 is 2.59 bits per heavy atom. The summed E-state index contributed by atoms with van der Waals surface area (Å²) in [6.45, 7) is 0. The van der Waals surface area contributed by atoms with Crippen molar-refractivity contribution in [2.45, 2.75) is 0 Å². The molecular weight excluding hydrogens is 212 g/mol. The van der Waals surface area contributed by atoms with Crippen LogP contribution in [-0.4, -0.2) is 15.0 Å². The molecule has 0 amide bonds. The van der Waals surface area contributed by atoms with Gasteiger partial charge in [0.2, 0.25) is 5.95 Å². The molecule has 3 rings (SSSR count). The van der Waals surface area contributed by atoms with Crippen molar-refractivity contribution in [3.05, 3.63) is 49.1 Å². The second kappa shape index (κ2) is 3.83. The molecular formula is C13H10N4. The van der Waals surface area contributed by atoms with E-state index in [9.17, 15) is 0 Å². The zero-order chi connectivity index (χ0) is 11.7. The third-order valence-corrected chi connectivity index (χ3v) is 2.67. The SMILES string of the molecule is Nc1ncc(-c2cccc3ccncc23)cn1. The number of anilines is 1. The molecule has 17 heavy (non-hydrogen) atoms. The van der Waals surface area contributed by atoms with Crippen LogP contribution in [0.3, 0.4) is 0 Å². The van der Waals surface area contributed by atoms with Crippen LogP contribution in [0.1, 0.15) is 0 Å². The normalized spacial score (nSPS) is 10.6. The number of rotatable bonds is 1. The number of pyridine rings is 1. The largest absolute Gasteiger partial charge is 0.368 e. The molecule has 0 radical (unpaired) electrons. The molecule has 0 atom stereocenters. The lowest BCUT2D eigenvalue weighted by atomic mass is 10.0. The van der Waals surface area contributed by atoms with Gasteiger partial charge in [-0.2, -0.15) is 0 Å². The molecule has 2 N–H and O–H groups in total. The van der Waals surface area contributed by atoms with E-state index in [0.717, 1.165) is 21.9 Å². The molecule has 0 saturated heterocycles. The molecule has 82 valence electrons. The van der Waals surface area contributed by atoms with Crippen molar-refractivity contribution in [1.29, 1.82) is 0 Å². The van der Waals surface area contributed by atoms with E-state index in [1.165, 1.54) is 0 Å². The Labute approximate surface area is 98.2 Å². The maximum atomic E-state index is 5.48. The van der Waals surface area contributed by atoms with Crippen molar-refractivity contribution < 1.29 is 0 Å². The van der Waals surface area contributed by atoms with Crippen molar-refractivity contribution in [3.8, 4) is 11.1 Å². The van der Waals surface area contributed by atoms with Crippen molar-refractivity contribution in [3.63, 3.8) is 0 Å². The summed E-state index contributed by atoms with van der Waals surface area (Å²) in [7, 11) is 0. The van der Waals surface area contributed by atoms with Gasteiger partial charge >= 0.3 is 0 Å². The standard InChI is InChI=1S/C13H10N4/c14-13-16-6-10(7-17-13)11-3-1-2-9-4-5-15-8-12(9)11/h1-8H,(H2,14,16,17). The highest BCUT2D eigenvalue weighted by atomic mass is 15.0. The number of aromatic nitrogens is 3. The average molecular weight is 222 g/mol. The van der Waals surface area contributed by atoms with Crippen LogP contribution < -0.4 is 5.73 Å². The van der Waals surface area contributed by atoms with E-state index in [4.69, 9.17) is 5.73 Å². The highest BCUT2D eigenvalue weighted by molar-refractivity contribution is 5.95. The van der Waals surface area contributed by atoms with E-state index >= 15 is 0 Å². The average Bonchev–Trinajstić information content (AvgIpc) is 2.39. The Kier molecular flexibility index (Phi) is 2.19. The van der Waals surface area contributed by atoms with Gasteiger partial charge in [0, 0.05) is 35.7 Å². The molecule has 0 saturated carbocycles. The van der Waals surface area contributed by atoms with Gasteiger partial charge < -0.3 is 5.73 Å². The lowest BCUT2D eigenvalue weighted by molar-refractivity contribution is 1.19. The lowest BCUT2D eigenvalue weighted by Crippen LogP contribution is -1.93. The predicted molar refractivity (Wildman–Crippen MR) is 67.2 cm³/mol. The molecule has 2 aromatic heterocycles. The van der Waals surface area contributed by atoms with Gasteiger partial charge in [0.05, 0.1) is 0 Å². The summed E-state index contributed by atoms with van der Waals surface area (Å²) >= 11 is 0. The highest BCUT2D eigenvalue weighted by Crippen LogP contribution is 2.26. The van der Waals surface area contributed by atoms with Gasteiger partial charge in [0.1, 0.15) is 0 Å². The first-order valence-electron chi connectivity index (χ1n) is 5.25. The highest BCUT2D eigenvalue weighted by Gasteiger charge is 2.04. The van der Waals surface area contributed by atoms with Gasteiger partial charge in [-0.05, 0) is 17.0 Å². The van der Waals surface area contributed by atoms with E-state index in [1.807, 2.05) is 24.4 Å². The van der Waals surface area contributed by atoms with Crippen LogP contribution in [0.25, 0.3) is 21.9 Å². The first kappa shape index (κ1) is 9.72. The van der Waals surface area contributed by atoms with Crippen LogP contribution in [0, 0.1) is 0 Å². The van der Waals surface area contributed by atoms with Crippen molar-refractivity contribution >= 4 is 16.7 Å². The van der Waals surface area contributed by atoms with Gasteiger partial charge in [0.25, 0.3) is 0 Å². The fourth-order valence-corrected chi connectivity index (χ4v) is 1.84. The second-order valence-electron chi connectivity index (χ2n) is 3.73. The maximum absolute atomic E-state index is 5.48. The van der Waals surface area contributed by atoms with Gasteiger partial charge in [-0.15, -0.1) is 0 Å². The smallest absolute Gasteiger partial charge is 0.219 e. The van der Waals surface area contributed by atoms with Crippen LogP contribution in [0.4, 0.5) is 5.95 Å². The van der Waals surface area contributed by atoms with Crippen LogP contribution in [0.5, 0.6) is 0 Å². The Balaban J connectivity index is 2.27. The molecule has 0 fully saturated rings. The quantitative estimate of drug-likeness (QED) is 0.686. The molecule has 2 heterocycles. The Morgan fingerprint density at radius 2 is 1.76 bits per heavy atom. The number of hydrogen-bond acceptors (Lipinski definition) is 4. The molecule has 0 aliphatic heterocycles. The third kappa shape index (κ3) is 1.69. The minimum Gasteiger partial charge on any atom is -0.368 e. The molecule has 0 aliphatic rings. The molecule has 4 nitrogen and oxygen atoms in total. The zero-order valence-corrected chi connectivity index (χ0v) is 9.04. The molecule has 0 aliphatic carbocycles. The minimum absolute atomic E-state index is 0.284. The number of nitrogen functional groups attached to an aromatic ring is 1. The zero-order valence-electron chi connectivity index (χ0n) is 9.04. The number of nitrogens with zero attached hydrogens (tertiary/aromatic N) is 3. The summed E-state index contributed by atoms with van der Waals surface area (Å²) < 4.78 is 0. The number of hydrogen-bond donors (Lipinski definition) is 1. The van der Waals surface area contributed by atoms with Crippen molar-refractivity contribution in [2.24, 2.45) is 0 Å². The second-order valence-corrected chi connectivity index (χ2v) is 3.73. The predicted octanol–water partition coefficient (Wildman–Crippen LogP) is 2.27. The molecule has 0 spiro atoms. The summed E-state index contributed by atoms with van der Waals surface area (Å²) in [5.74, 6) is 0.284. The maximum Gasteiger partial charge on any atom is 0.219 e. The van der Waals surface area contributed by atoms with E-state index < -0.39 is 0 Å².